The number of hydrogen-bond acceptors (Lipinski definition) is 4. The van der Waals surface area contributed by atoms with E-state index in [1.807, 2.05) is 73.7 Å². The topological polar surface area (TPSA) is 77.4 Å². The van der Waals surface area contributed by atoms with Gasteiger partial charge in [0.25, 0.3) is 0 Å². The van der Waals surface area contributed by atoms with Gasteiger partial charge in [-0.2, -0.15) is 0 Å². The SMILES string of the molecule is Cc1ccccc1CS(=O)(=O)c1cn(CC(=O)Nc2ccc(Oc3ccccc3)cc2)c2ccccc12. The van der Waals surface area contributed by atoms with Crippen LogP contribution >= 0.6 is 0 Å². The van der Waals surface area contributed by atoms with Crippen LogP contribution in [-0.4, -0.2) is 18.9 Å². The summed E-state index contributed by atoms with van der Waals surface area (Å²) in [6.45, 7) is 1.88. The summed E-state index contributed by atoms with van der Waals surface area (Å²) in [6, 6.07) is 31.2. The molecule has 0 aliphatic heterocycles. The summed E-state index contributed by atoms with van der Waals surface area (Å²) in [5.41, 5.74) is 2.99. The maximum atomic E-state index is 13.4. The largest absolute Gasteiger partial charge is 0.457 e. The minimum atomic E-state index is -3.63. The van der Waals surface area contributed by atoms with Crippen molar-refractivity contribution in [2.75, 3.05) is 5.32 Å². The Bertz CT molecular complexity index is 1660. The number of ether oxygens (including phenoxy) is 1. The lowest BCUT2D eigenvalue weighted by molar-refractivity contribution is -0.116. The van der Waals surface area contributed by atoms with Crippen molar-refractivity contribution in [2.45, 2.75) is 24.1 Å². The van der Waals surface area contributed by atoms with Crippen molar-refractivity contribution in [2.24, 2.45) is 0 Å². The van der Waals surface area contributed by atoms with Crippen molar-refractivity contribution >= 4 is 32.3 Å². The molecule has 0 spiro atoms. The molecule has 0 aliphatic carbocycles. The van der Waals surface area contributed by atoms with Gasteiger partial charge in [0.2, 0.25) is 5.91 Å². The van der Waals surface area contributed by atoms with E-state index in [-0.39, 0.29) is 23.1 Å². The van der Waals surface area contributed by atoms with E-state index in [0.29, 0.717) is 22.3 Å². The van der Waals surface area contributed by atoms with E-state index in [1.54, 1.807) is 47.2 Å². The van der Waals surface area contributed by atoms with E-state index in [4.69, 9.17) is 4.74 Å². The lowest BCUT2D eigenvalue weighted by Gasteiger charge is -2.09. The van der Waals surface area contributed by atoms with Gasteiger partial charge in [-0.3, -0.25) is 4.79 Å². The van der Waals surface area contributed by atoms with Gasteiger partial charge in [0, 0.05) is 22.8 Å². The first-order valence-corrected chi connectivity index (χ1v) is 13.5. The summed E-state index contributed by atoms with van der Waals surface area (Å²) < 4.78 is 34.3. The third-order valence-electron chi connectivity index (χ3n) is 6.12. The molecule has 5 rings (SSSR count). The molecule has 0 aliphatic rings. The summed E-state index contributed by atoms with van der Waals surface area (Å²) in [4.78, 5) is 13.1. The number of anilines is 1. The second-order valence-electron chi connectivity index (χ2n) is 8.81. The van der Waals surface area contributed by atoms with Gasteiger partial charge >= 0.3 is 0 Å². The lowest BCUT2D eigenvalue weighted by atomic mass is 10.1. The van der Waals surface area contributed by atoms with Crippen LogP contribution in [0.25, 0.3) is 10.9 Å². The molecule has 0 radical (unpaired) electrons. The second kappa shape index (κ2) is 10.3. The van der Waals surface area contributed by atoms with Crippen LogP contribution in [0.4, 0.5) is 5.69 Å². The molecule has 37 heavy (non-hydrogen) atoms. The Balaban J connectivity index is 1.33. The number of benzene rings is 4. The number of aromatic nitrogens is 1. The molecule has 1 amide bonds. The van der Waals surface area contributed by atoms with Gasteiger partial charge in [0.1, 0.15) is 18.0 Å². The Hall–Kier alpha value is -4.36. The number of para-hydroxylation sites is 2. The average Bonchev–Trinajstić information content (AvgIpc) is 3.26. The number of fused-ring (bicyclic) bond motifs is 1. The zero-order chi connectivity index (χ0) is 25.8. The standard InChI is InChI=1S/C30H26N2O4S/c1-22-9-5-6-10-23(22)21-37(34,35)29-19-32(28-14-8-7-13-27(28)29)20-30(33)31-24-15-17-26(18-16-24)36-25-11-3-2-4-12-25/h2-19H,20-21H2,1H3,(H,31,33). The Morgan fingerprint density at radius 2 is 1.46 bits per heavy atom. The van der Waals surface area contributed by atoms with Crippen LogP contribution in [0.15, 0.2) is 114 Å². The average molecular weight is 511 g/mol. The number of carbonyl (C=O) groups is 1. The highest BCUT2D eigenvalue weighted by atomic mass is 32.2. The van der Waals surface area contributed by atoms with E-state index in [9.17, 15) is 13.2 Å². The molecule has 0 fully saturated rings. The molecule has 186 valence electrons. The number of nitrogens with one attached hydrogen (secondary N) is 1. The summed E-state index contributed by atoms with van der Waals surface area (Å²) in [5.74, 6) is 1.02. The molecule has 0 unspecified atom stereocenters. The third-order valence-corrected chi connectivity index (χ3v) is 7.81. The number of aryl methyl sites for hydroxylation is 1. The Labute approximate surface area is 216 Å². The fourth-order valence-corrected chi connectivity index (χ4v) is 5.92. The number of hydrogen-bond donors (Lipinski definition) is 1. The van der Waals surface area contributed by atoms with Crippen LogP contribution in [-0.2, 0) is 26.9 Å². The van der Waals surface area contributed by atoms with Crippen molar-refractivity contribution in [3.05, 3.63) is 120 Å². The summed E-state index contributed by atoms with van der Waals surface area (Å²) in [6.07, 6.45) is 1.56. The van der Waals surface area contributed by atoms with Crippen LogP contribution in [0, 0.1) is 6.92 Å². The first-order chi connectivity index (χ1) is 17.9. The molecule has 1 aromatic heterocycles. The van der Waals surface area contributed by atoms with Crippen LogP contribution in [0.3, 0.4) is 0 Å². The highest BCUT2D eigenvalue weighted by molar-refractivity contribution is 7.90. The molecule has 5 aromatic rings. The molecular formula is C30H26N2O4S. The molecule has 1 heterocycles. The molecule has 0 bridgehead atoms. The normalized spacial score (nSPS) is 11.4. The zero-order valence-electron chi connectivity index (χ0n) is 20.3. The number of rotatable bonds is 8. The van der Waals surface area contributed by atoms with E-state index < -0.39 is 9.84 Å². The van der Waals surface area contributed by atoms with Crippen molar-refractivity contribution in [1.29, 1.82) is 0 Å². The van der Waals surface area contributed by atoms with Crippen molar-refractivity contribution in [3.8, 4) is 11.5 Å². The summed E-state index contributed by atoms with van der Waals surface area (Å²) >= 11 is 0. The summed E-state index contributed by atoms with van der Waals surface area (Å²) in [7, 11) is -3.63. The van der Waals surface area contributed by atoms with Gasteiger partial charge in [-0.25, -0.2) is 8.42 Å². The molecule has 6 nitrogen and oxygen atoms in total. The Morgan fingerprint density at radius 3 is 2.22 bits per heavy atom. The van der Waals surface area contributed by atoms with E-state index in [1.165, 1.54) is 0 Å². The molecule has 4 aromatic carbocycles. The highest BCUT2D eigenvalue weighted by Gasteiger charge is 2.23. The van der Waals surface area contributed by atoms with Crippen molar-refractivity contribution in [1.82, 2.24) is 4.57 Å². The summed E-state index contributed by atoms with van der Waals surface area (Å²) in [5, 5.41) is 3.48. The van der Waals surface area contributed by atoms with Gasteiger partial charge in [-0.15, -0.1) is 0 Å². The monoisotopic (exact) mass is 510 g/mol. The number of sulfone groups is 1. The van der Waals surface area contributed by atoms with Gasteiger partial charge < -0.3 is 14.6 Å². The molecule has 1 N–H and O–H groups in total. The molecule has 0 saturated carbocycles. The smallest absolute Gasteiger partial charge is 0.244 e. The third kappa shape index (κ3) is 5.57. The van der Waals surface area contributed by atoms with Gasteiger partial charge in [-0.1, -0.05) is 60.7 Å². The minimum absolute atomic E-state index is 0.0251. The fourth-order valence-electron chi connectivity index (χ4n) is 4.23. The van der Waals surface area contributed by atoms with Crippen molar-refractivity contribution < 1.29 is 17.9 Å². The fraction of sp³-hybridized carbons (Fsp3) is 0.100. The van der Waals surface area contributed by atoms with Gasteiger partial charge in [0.15, 0.2) is 9.84 Å². The van der Waals surface area contributed by atoms with Crippen molar-refractivity contribution in [3.63, 3.8) is 0 Å². The Kier molecular flexibility index (Phi) is 6.79. The molecule has 7 heteroatoms. The lowest BCUT2D eigenvalue weighted by Crippen LogP contribution is -2.18. The van der Waals surface area contributed by atoms with Crippen LogP contribution < -0.4 is 10.1 Å². The van der Waals surface area contributed by atoms with E-state index in [2.05, 4.69) is 5.32 Å². The maximum absolute atomic E-state index is 13.4. The first kappa shape index (κ1) is 24.3. The zero-order valence-corrected chi connectivity index (χ0v) is 21.1. The van der Waals surface area contributed by atoms with Gasteiger partial charge in [-0.05, 0) is 60.5 Å². The molecule has 0 atom stereocenters. The van der Waals surface area contributed by atoms with Crippen LogP contribution in [0.2, 0.25) is 0 Å². The minimum Gasteiger partial charge on any atom is -0.457 e. The maximum Gasteiger partial charge on any atom is 0.244 e. The second-order valence-corrected chi connectivity index (χ2v) is 10.8. The van der Waals surface area contributed by atoms with Gasteiger partial charge in [0.05, 0.1) is 10.6 Å². The predicted octanol–water partition coefficient (Wildman–Crippen LogP) is 6.35. The molecular weight excluding hydrogens is 484 g/mol. The number of nitrogens with zero attached hydrogens (tertiary/aromatic N) is 1. The van der Waals surface area contributed by atoms with E-state index in [0.717, 1.165) is 16.9 Å². The van der Waals surface area contributed by atoms with Crippen LogP contribution in [0.5, 0.6) is 11.5 Å². The quantitative estimate of drug-likeness (QED) is 0.264. The molecule has 0 saturated heterocycles. The number of amides is 1. The van der Waals surface area contributed by atoms with E-state index >= 15 is 0 Å². The first-order valence-electron chi connectivity index (χ1n) is 11.9. The van der Waals surface area contributed by atoms with Crippen LogP contribution in [0.1, 0.15) is 11.1 Å². The Morgan fingerprint density at radius 1 is 0.811 bits per heavy atom. The highest BCUT2D eigenvalue weighted by Crippen LogP contribution is 2.29. The predicted molar refractivity (Wildman–Crippen MR) is 146 cm³/mol. The number of carbonyl (C=O) groups excluding carboxylic acids is 1.